The molecule has 0 aliphatic rings. The van der Waals surface area contributed by atoms with Gasteiger partial charge in [-0.15, -0.1) is 0 Å². The van der Waals surface area contributed by atoms with Crippen molar-refractivity contribution in [3.05, 3.63) is 59.1 Å². The Morgan fingerprint density at radius 2 is 2.00 bits per heavy atom. The van der Waals surface area contributed by atoms with Gasteiger partial charge in [0.15, 0.2) is 0 Å². The van der Waals surface area contributed by atoms with Crippen LogP contribution in [0.3, 0.4) is 0 Å². The number of urea groups is 1. The van der Waals surface area contributed by atoms with Gasteiger partial charge in [-0.25, -0.2) is 4.79 Å². The van der Waals surface area contributed by atoms with Crippen molar-refractivity contribution in [2.24, 2.45) is 0 Å². The number of nitrogens with one attached hydrogen (secondary N) is 2. The Kier molecular flexibility index (Phi) is 6.26. The van der Waals surface area contributed by atoms with Crippen LogP contribution in [0.2, 0.25) is 5.02 Å². The SMILES string of the molecule is COc1ccc(Cl)cc1NC(=O)NC[C@@H](O)Cc1ccccc1. The molecule has 2 rings (SSSR count). The molecule has 2 amide bonds. The van der Waals surface area contributed by atoms with Gasteiger partial charge in [0.2, 0.25) is 0 Å². The molecule has 6 heteroatoms. The fraction of sp³-hybridized carbons (Fsp3) is 0.235. The number of aliphatic hydroxyl groups is 1. The first-order chi connectivity index (χ1) is 11.1. The van der Waals surface area contributed by atoms with Crippen molar-refractivity contribution in [2.75, 3.05) is 19.0 Å². The molecule has 3 N–H and O–H groups in total. The number of amides is 2. The van der Waals surface area contributed by atoms with Crippen LogP contribution in [0.5, 0.6) is 5.75 Å². The molecule has 5 nitrogen and oxygen atoms in total. The summed E-state index contributed by atoms with van der Waals surface area (Å²) >= 11 is 5.91. The van der Waals surface area contributed by atoms with Gasteiger partial charge in [-0.2, -0.15) is 0 Å². The Morgan fingerprint density at radius 1 is 1.26 bits per heavy atom. The van der Waals surface area contributed by atoms with Crippen molar-refractivity contribution in [3.63, 3.8) is 0 Å². The first kappa shape index (κ1) is 17.1. The predicted octanol–water partition coefficient (Wildman–Crippen LogP) is 3.07. The minimum Gasteiger partial charge on any atom is -0.495 e. The predicted molar refractivity (Wildman–Crippen MR) is 91.2 cm³/mol. The summed E-state index contributed by atoms with van der Waals surface area (Å²) in [7, 11) is 1.51. The minimum atomic E-state index is -0.663. The van der Waals surface area contributed by atoms with Crippen LogP contribution in [-0.2, 0) is 6.42 Å². The number of carbonyl (C=O) groups is 1. The number of aliphatic hydroxyl groups excluding tert-OH is 1. The highest BCUT2D eigenvalue weighted by molar-refractivity contribution is 6.31. The van der Waals surface area contributed by atoms with Crippen LogP contribution in [0.25, 0.3) is 0 Å². The molecule has 0 fully saturated rings. The van der Waals surface area contributed by atoms with Gasteiger partial charge < -0.3 is 20.5 Å². The van der Waals surface area contributed by atoms with E-state index in [0.717, 1.165) is 5.56 Å². The molecule has 122 valence electrons. The average Bonchev–Trinajstić information content (AvgIpc) is 2.54. The number of carbonyl (C=O) groups excluding carboxylic acids is 1. The van der Waals surface area contributed by atoms with E-state index in [4.69, 9.17) is 16.3 Å². The molecular formula is C17H19ClN2O3. The fourth-order valence-corrected chi connectivity index (χ4v) is 2.29. The van der Waals surface area contributed by atoms with Crippen LogP contribution in [0.15, 0.2) is 48.5 Å². The highest BCUT2D eigenvalue weighted by Crippen LogP contribution is 2.27. The van der Waals surface area contributed by atoms with Crippen molar-refractivity contribution in [1.82, 2.24) is 5.32 Å². The number of ether oxygens (including phenoxy) is 1. The highest BCUT2D eigenvalue weighted by atomic mass is 35.5. The minimum absolute atomic E-state index is 0.142. The second kappa shape index (κ2) is 8.41. The average molecular weight is 335 g/mol. The van der Waals surface area contributed by atoms with Gasteiger partial charge in [-0.1, -0.05) is 41.9 Å². The van der Waals surface area contributed by atoms with E-state index in [1.165, 1.54) is 7.11 Å². The van der Waals surface area contributed by atoms with E-state index in [1.807, 2.05) is 30.3 Å². The summed E-state index contributed by atoms with van der Waals surface area (Å²) in [6.07, 6.45) is -0.189. The third-order valence-electron chi connectivity index (χ3n) is 3.22. The van der Waals surface area contributed by atoms with Crippen LogP contribution in [0.1, 0.15) is 5.56 Å². The van der Waals surface area contributed by atoms with E-state index in [2.05, 4.69) is 10.6 Å². The number of rotatable bonds is 6. The molecule has 0 bridgehead atoms. The normalized spacial score (nSPS) is 11.6. The molecule has 0 unspecified atom stereocenters. The summed E-state index contributed by atoms with van der Waals surface area (Å²) < 4.78 is 5.16. The van der Waals surface area contributed by atoms with Crippen molar-refractivity contribution in [2.45, 2.75) is 12.5 Å². The number of halogens is 1. The van der Waals surface area contributed by atoms with E-state index in [-0.39, 0.29) is 6.54 Å². The fourth-order valence-electron chi connectivity index (χ4n) is 2.11. The van der Waals surface area contributed by atoms with Crippen LogP contribution >= 0.6 is 11.6 Å². The summed E-state index contributed by atoms with van der Waals surface area (Å²) in [5.41, 5.74) is 1.48. The summed E-state index contributed by atoms with van der Waals surface area (Å²) in [6, 6.07) is 14.1. The maximum atomic E-state index is 11.9. The number of methoxy groups -OCH3 is 1. The van der Waals surface area contributed by atoms with Crippen molar-refractivity contribution >= 4 is 23.3 Å². The quantitative estimate of drug-likeness (QED) is 0.760. The van der Waals surface area contributed by atoms with E-state index in [9.17, 15) is 9.90 Å². The molecule has 0 radical (unpaired) electrons. The Bertz CT molecular complexity index is 650. The maximum Gasteiger partial charge on any atom is 0.319 e. The maximum absolute atomic E-state index is 11.9. The van der Waals surface area contributed by atoms with Gasteiger partial charge in [0, 0.05) is 18.0 Å². The number of anilines is 1. The molecule has 0 aliphatic carbocycles. The Balaban J connectivity index is 1.84. The number of hydrogen-bond acceptors (Lipinski definition) is 3. The van der Waals surface area contributed by atoms with Crippen LogP contribution < -0.4 is 15.4 Å². The lowest BCUT2D eigenvalue weighted by molar-refractivity contribution is 0.172. The second-order valence-corrected chi connectivity index (χ2v) is 5.46. The molecule has 0 aromatic heterocycles. The Hall–Kier alpha value is -2.24. The number of hydrogen-bond donors (Lipinski definition) is 3. The largest absolute Gasteiger partial charge is 0.495 e. The molecular weight excluding hydrogens is 316 g/mol. The van der Waals surface area contributed by atoms with Crippen molar-refractivity contribution in [1.29, 1.82) is 0 Å². The first-order valence-corrected chi connectivity index (χ1v) is 7.56. The third kappa shape index (κ3) is 5.47. The summed E-state index contributed by atoms with van der Waals surface area (Å²) in [4.78, 5) is 11.9. The molecule has 2 aromatic rings. The number of benzene rings is 2. The standard InChI is InChI=1S/C17H19ClN2O3/c1-23-16-8-7-13(18)10-15(16)20-17(22)19-11-14(21)9-12-5-3-2-4-6-12/h2-8,10,14,21H,9,11H2,1H3,(H2,19,20,22)/t14-/m0/s1. The molecule has 0 saturated heterocycles. The zero-order valence-corrected chi connectivity index (χ0v) is 13.5. The van der Waals surface area contributed by atoms with Gasteiger partial charge in [-0.05, 0) is 23.8 Å². The molecule has 0 heterocycles. The van der Waals surface area contributed by atoms with E-state index >= 15 is 0 Å². The van der Waals surface area contributed by atoms with Crippen LogP contribution in [0.4, 0.5) is 10.5 Å². The lowest BCUT2D eigenvalue weighted by atomic mass is 10.1. The van der Waals surface area contributed by atoms with Crippen LogP contribution in [-0.4, -0.2) is 30.9 Å². The molecule has 1 atom stereocenters. The van der Waals surface area contributed by atoms with Gasteiger partial charge in [0.05, 0.1) is 18.9 Å². The zero-order valence-electron chi connectivity index (χ0n) is 12.8. The van der Waals surface area contributed by atoms with E-state index in [0.29, 0.717) is 22.9 Å². The molecule has 2 aromatic carbocycles. The Labute approximate surface area is 140 Å². The summed E-state index contributed by atoms with van der Waals surface area (Å²) in [6.45, 7) is 0.142. The van der Waals surface area contributed by atoms with Gasteiger partial charge in [-0.3, -0.25) is 0 Å². The first-order valence-electron chi connectivity index (χ1n) is 7.19. The zero-order chi connectivity index (χ0) is 16.7. The van der Waals surface area contributed by atoms with Crippen molar-refractivity contribution < 1.29 is 14.6 Å². The lowest BCUT2D eigenvalue weighted by Gasteiger charge is -2.14. The topological polar surface area (TPSA) is 70.6 Å². The lowest BCUT2D eigenvalue weighted by Crippen LogP contribution is -2.36. The highest BCUT2D eigenvalue weighted by Gasteiger charge is 2.10. The third-order valence-corrected chi connectivity index (χ3v) is 3.46. The smallest absolute Gasteiger partial charge is 0.319 e. The van der Waals surface area contributed by atoms with E-state index < -0.39 is 12.1 Å². The molecule has 0 saturated carbocycles. The van der Waals surface area contributed by atoms with Gasteiger partial charge in [0.1, 0.15) is 5.75 Å². The Morgan fingerprint density at radius 3 is 2.70 bits per heavy atom. The molecule has 0 spiro atoms. The monoisotopic (exact) mass is 334 g/mol. The van der Waals surface area contributed by atoms with E-state index in [1.54, 1.807) is 18.2 Å². The molecule has 0 aliphatic heterocycles. The second-order valence-electron chi connectivity index (χ2n) is 5.02. The molecule has 23 heavy (non-hydrogen) atoms. The summed E-state index contributed by atoms with van der Waals surface area (Å²) in [5.74, 6) is 0.509. The van der Waals surface area contributed by atoms with Crippen LogP contribution in [0, 0.1) is 0 Å². The summed E-state index contributed by atoms with van der Waals surface area (Å²) in [5, 5.41) is 15.7. The van der Waals surface area contributed by atoms with Gasteiger partial charge in [0.25, 0.3) is 0 Å². The van der Waals surface area contributed by atoms with Gasteiger partial charge >= 0.3 is 6.03 Å². The van der Waals surface area contributed by atoms with Crippen molar-refractivity contribution in [3.8, 4) is 5.75 Å².